The predicted molar refractivity (Wildman–Crippen MR) is 88.9 cm³/mol. The molecule has 0 fully saturated rings. The van der Waals surface area contributed by atoms with Crippen LogP contribution in [0.15, 0.2) is 40.1 Å². The molecule has 0 radical (unpaired) electrons. The molecule has 0 saturated heterocycles. The van der Waals surface area contributed by atoms with Crippen molar-refractivity contribution in [3.63, 3.8) is 0 Å². The molecule has 3 aromatic rings. The molecule has 3 heterocycles. The molecule has 8 heteroatoms. The summed E-state index contributed by atoms with van der Waals surface area (Å²) >= 11 is 1.50. The van der Waals surface area contributed by atoms with Crippen molar-refractivity contribution in [3.8, 4) is 22.3 Å². The quantitative estimate of drug-likeness (QED) is 0.660. The number of esters is 1. The van der Waals surface area contributed by atoms with E-state index in [1.807, 2.05) is 17.5 Å². The van der Waals surface area contributed by atoms with E-state index in [1.54, 1.807) is 25.1 Å². The maximum Gasteiger partial charge on any atom is 0.339 e. The Balaban J connectivity index is 1.47. The molecule has 7 nitrogen and oxygen atoms in total. The molecule has 1 aliphatic heterocycles. The van der Waals surface area contributed by atoms with E-state index >= 15 is 0 Å². The van der Waals surface area contributed by atoms with Gasteiger partial charge in [0, 0.05) is 0 Å². The molecule has 128 valence electrons. The predicted octanol–water partition coefficient (Wildman–Crippen LogP) is 3.49. The van der Waals surface area contributed by atoms with Crippen molar-refractivity contribution < 1.29 is 23.4 Å². The minimum Gasteiger partial charge on any atom is -0.486 e. The van der Waals surface area contributed by atoms with E-state index in [2.05, 4.69) is 10.2 Å². The summed E-state index contributed by atoms with van der Waals surface area (Å²) in [6.07, 6.45) is -0.665. The van der Waals surface area contributed by atoms with Gasteiger partial charge in [-0.15, -0.1) is 21.5 Å². The number of fused-ring (bicyclic) bond motifs is 1. The minimum atomic E-state index is -0.665. The Morgan fingerprint density at radius 1 is 1.20 bits per heavy atom. The summed E-state index contributed by atoms with van der Waals surface area (Å²) in [7, 11) is 0. The number of aromatic nitrogens is 2. The van der Waals surface area contributed by atoms with Crippen molar-refractivity contribution in [1.29, 1.82) is 0 Å². The summed E-state index contributed by atoms with van der Waals surface area (Å²) in [4.78, 5) is 13.2. The number of carbonyl (C=O) groups excluding carboxylic acids is 1. The van der Waals surface area contributed by atoms with E-state index in [1.165, 1.54) is 11.3 Å². The van der Waals surface area contributed by atoms with Crippen LogP contribution in [0, 0.1) is 0 Å². The Bertz CT molecular complexity index is 890. The van der Waals surface area contributed by atoms with E-state index < -0.39 is 12.1 Å². The van der Waals surface area contributed by atoms with Crippen LogP contribution in [-0.4, -0.2) is 29.4 Å². The van der Waals surface area contributed by atoms with Crippen LogP contribution in [0.25, 0.3) is 10.8 Å². The molecule has 0 unspecified atom stereocenters. The van der Waals surface area contributed by atoms with Gasteiger partial charge in [0.15, 0.2) is 17.6 Å². The SMILES string of the molecule is C[C@H](OC(=O)c1ccc2c(c1)OCCO2)c1nnc(-c2cccs2)o1. The molecule has 25 heavy (non-hydrogen) atoms. The van der Waals surface area contributed by atoms with Gasteiger partial charge in [-0.2, -0.15) is 0 Å². The maximum absolute atomic E-state index is 12.3. The minimum absolute atomic E-state index is 0.245. The van der Waals surface area contributed by atoms with Crippen LogP contribution in [0.3, 0.4) is 0 Å². The smallest absolute Gasteiger partial charge is 0.339 e. The number of benzene rings is 1. The lowest BCUT2D eigenvalue weighted by Crippen LogP contribution is -2.16. The van der Waals surface area contributed by atoms with Gasteiger partial charge in [0.2, 0.25) is 0 Å². The number of hydrogen-bond acceptors (Lipinski definition) is 8. The normalized spacial score (nSPS) is 14.1. The first kappa shape index (κ1) is 15.6. The Morgan fingerprint density at radius 3 is 2.84 bits per heavy atom. The topological polar surface area (TPSA) is 83.7 Å². The molecule has 1 aliphatic rings. The lowest BCUT2D eigenvalue weighted by molar-refractivity contribution is 0.0279. The first-order valence-electron chi connectivity index (χ1n) is 7.68. The first-order chi connectivity index (χ1) is 12.2. The zero-order valence-electron chi connectivity index (χ0n) is 13.3. The summed E-state index contributed by atoms with van der Waals surface area (Å²) in [5, 5.41) is 9.86. The molecule has 0 spiro atoms. The Labute approximate surface area is 147 Å². The number of carbonyl (C=O) groups is 1. The summed E-state index contributed by atoms with van der Waals surface area (Å²) < 4.78 is 21.9. The molecule has 1 atom stereocenters. The summed E-state index contributed by atoms with van der Waals surface area (Å²) in [6.45, 7) is 2.63. The number of rotatable bonds is 4. The Hall–Kier alpha value is -2.87. The molecular weight excluding hydrogens is 344 g/mol. The van der Waals surface area contributed by atoms with Crippen molar-refractivity contribution in [2.24, 2.45) is 0 Å². The second kappa shape index (κ2) is 6.56. The van der Waals surface area contributed by atoms with E-state index in [9.17, 15) is 4.79 Å². The third-order valence-electron chi connectivity index (χ3n) is 3.58. The molecule has 0 aliphatic carbocycles. The monoisotopic (exact) mass is 358 g/mol. The van der Waals surface area contributed by atoms with Crippen molar-refractivity contribution >= 4 is 17.3 Å². The van der Waals surface area contributed by atoms with Crippen molar-refractivity contribution in [2.45, 2.75) is 13.0 Å². The summed E-state index contributed by atoms with van der Waals surface area (Å²) in [5.74, 6) is 1.31. The van der Waals surface area contributed by atoms with E-state index in [0.717, 1.165) is 4.88 Å². The van der Waals surface area contributed by atoms with Crippen LogP contribution < -0.4 is 9.47 Å². The van der Waals surface area contributed by atoms with Gasteiger partial charge in [-0.3, -0.25) is 0 Å². The van der Waals surface area contributed by atoms with Crippen LogP contribution in [0.5, 0.6) is 11.5 Å². The highest BCUT2D eigenvalue weighted by Gasteiger charge is 2.22. The van der Waals surface area contributed by atoms with Gasteiger partial charge < -0.3 is 18.6 Å². The molecule has 4 rings (SSSR count). The van der Waals surface area contributed by atoms with E-state index in [-0.39, 0.29) is 5.89 Å². The lowest BCUT2D eigenvalue weighted by Gasteiger charge is -2.18. The molecule has 0 bridgehead atoms. The Kier molecular flexibility index (Phi) is 4.10. The van der Waals surface area contributed by atoms with Gasteiger partial charge in [-0.05, 0) is 36.6 Å². The molecule has 1 aromatic carbocycles. The van der Waals surface area contributed by atoms with Crippen LogP contribution in [0.4, 0.5) is 0 Å². The highest BCUT2D eigenvalue weighted by Crippen LogP contribution is 2.32. The third-order valence-corrected chi connectivity index (χ3v) is 4.44. The van der Waals surface area contributed by atoms with Crippen molar-refractivity contribution in [1.82, 2.24) is 10.2 Å². The highest BCUT2D eigenvalue weighted by molar-refractivity contribution is 7.13. The average Bonchev–Trinajstić information content (AvgIpc) is 3.32. The van der Waals surface area contributed by atoms with Crippen LogP contribution >= 0.6 is 11.3 Å². The lowest BCUT2D eigenvalue weighted by atomic mass is 10.2. The molecular formula is C17H14N2O5S. The highest BCUT2D eigenvalue weighted by atomic mass is 32.1. The zero-order valence-corrected chi connectivity index (χ0v) is 14.1. The van der Waals surface area contributed by atoms with Gasteiger partial charge in [-0.1, -0.05) is 6.07 Å². The second-order valence-electron chi connectivity index (χ2n) is 5.33. The maximum atomic E-state index is 12.3. The van der Waals surface area contributed by atoms with Gasteiger partial charge in [0.05, 0.1) is 10.4 Å². The second-order valence-corrected chi connectivity index (χ2v) is 6.28. The van der Waals surface area contributed by atoms with Crippen LogP contribution in [0.2, 0.25) is 0 Å². The third kappa shape index (κ3) is 3.20. The summed E-state index contributed by atoms with van der Waals surface area (Å²) in [6, 6.07) is 8.71. The number of thiophene rings is 1. The van der Waals surface area contributed by atoms with E-state index in [0.29, 0.717) is 36.2 Å². The fourth-order valence-electron chi connectivity index (χ4n) is 2.35. The van der Waals surface area contributed by atoms with Crippen LogP contribution in [0.1, 0.15) is 29.3 Å². The van der Waals surface area contributed by atoms with Crippen molar-refractivity contribution in [2.75, 3.05) is 13.2 Å². The first-order valence-corrected chi connectivity index (χ1v) is 8.56. The molecule has 2 aromatic heterocycles. The number of hydrogen-bond donors (Lipinski definition) is 0. The number of nitrogens with zero attached hydrogens (tertiary/aromatic N) is 2. The van der Waals surface area contributed by atoms with E-state index in [4.69, 9.17) is 18.6 Å². The van der Waals surface area contributed by atoms with Crippen molar-refractivity contribution in [3.05, 3.63) is 47.2 Å². The van der Waals surface area contributed by atoms with Gasteiger partial charge >= 0.3 is 5.97 Å². The van der Waals surface area contributed by atoms with Gasteiger partial charge in [-0.25, -0.2) is 4.79 Å². The number of ether oxygens (including phenoxy) is 3. The standard InChI is InChI=1S/C17H14N2O5S/c1-10(15-18-19-16(24-15)14-3-2-8-25-14)23-17(20)11-4-5-12-13(9-11)22-7-6-21-12/h2-5,8-10H,6-7H2,1H3/t10-/m0/s1. The van der Waals surface area contributed by atoms with Gasteiger partial charge in [0.25, 0.3) is 11.8 Å². The summed E-state index contributed by atoms with van der Waals surface area (Å²) in [5.41, 5.74) is 0.370. The largest absolute Gasteiger partial charge is 0.486 e. The fraction of sp³-hybridized carbons (Fsp3) is 0.235. The average molecular weight is 358 g/mol. The molecule has 0 amide bonds. The zero-order chi connectivity index (χ0) is 17.2. The fourth-order valence-corrected chi connectivity index (χ4v) is 2.99. The molecule has 0 N–H and O–H groups in total. The van der Waals surface area contributed by atoms with Crippen LogP contribution in [-0.2, 0) is 4.74 Å². The molecule has 0 saturated carbocycles. The Morgan fingerprint density at radius 2 is 2.04 bits per heavy atom. The van der Waals surface area contributed by atoms with Gasteiger partial charge in [0.1, 0.15) is 13.2 Å².